The summed E-state index contributed by atoms with van der Waals surface area (Å²) in [6.45, 7) is 7.16. The lowest BCUT2D eigenvalue weighted by Gasteiger charge is -2.22. The van der Waals surface area contributed by atoms with E-state index in [1.54, 1.807) is 0 Å². The van der Waals surface area contributed by atoms with E-state index in [9.17, 15) is 14.3 Å². The lowest BCUT2D eigenvalue weighted by Crippen LogP contribution is -2.29. The molecule has 0 amide bonds. The summed E-state index contributed by atoms with van der Waals surface area (Å²) in [6.07, 6.45) is 50.2. The molecule has 0 aromatic carbocycles. The van der Waals surface area contributed by atoms with Crippen LogP contribution in [0.3, 0.4) is 0 Å². The quantitative estimate of drug-likeness (QED) is 0.0352. The molecule has 0 aliphatic rings. The van der Waals surface area contributed by atoms with Gasteiger partial charge in [0.2, 0.25) is 0 Å². The van der Waals surface area contributed by atoms with E-state index in [1.165, 1.54) is 205 Å². The summed E-state index contributed by atoms with van der Waals surface area (Å²) in [5.74, 6) is -0.293. The molecule has 8 nitrogen and oxygen atoms in total. The van der Waals surface area contributed by atoms with Gasteiger partial charge in [-0.25, -0.2) is 4.57 Å². The van der Waals surface area contributed by atoms with Crippen molar-refractivity contribution in [2.75, 3.05) is 33.0 Å². The fourth-order valence-corrected chi connectivity index (χ4v) is 8.98. The highest BCUT2D eigenvalue weighted by Gasteiger charge is 2.26. The van der Waals surface area contributed by atoms with E-state index in [0.717, 1.165) is 51.4 Å². The molecule has 0 fully saturated rings. The Hall–Kier alpha value is -0.500. The predicted molar refractivity (Wildman–Crippen MR) is 257 cm³/mol. The van der Waals surface area contributed by atoms with Gasteiger partial charge in [0, 0.05) is 13.2 Å². The molecule has 0 aromatic rings. The molecule has 360 valence electrons. The molecule has 0 saturated heterocycles. The van der Waals surface area contributed by atoms with E-state index >= 15 is 0 Å². The summed E-state index contributed by atoms with van der Waals surface area (Å²) in [6, 6.07) is 0. The molecule has 60 heavy (non-hydrogen) atoms. The van der Waals surface area contributed by atoms with Crippen LogP contribution in [0.15, 0.2) is 0 Å². The molecule has 1 unspecified atom stereocenters. The first-order valence-corrected chi connectivity index (χ1v) is 28.0. The van der Waals surface area contributed by atoms with Gasteiger partial charge in [-0.15, -0.1) is 0 Å². The highest BCUT2D eigenvalue weighted by Crippen LogP contribution is 2.43. The van der Waals surface area contributed by atoms with Crippen molar-refractivity contribution in [1.82, 2.24) is 0 Å². The Labute approximate surface area is 373 Å². The molecule has 3 N–H and O–H groups in total. The number of hydrogen-bond donors (Lipinski definition) is 2. The average molecular weight is 874 g/mol. The topological polar surface area (TPSA) is 117 Å². The van der Waals surface area contributed by atoms with Crippen molar-refractivity contribution in [3.05, 3.63) is 0 Å². The van der Waals surface area contributed by atoms with E-state index in [4.69, 9.17) is 24.3 Å². The van der Waals surface area contributed by atoms with Crippen LogP contribution in [0.25, 0.3) is 0 Å². The van der Waals surface area contributed by atoms with Crippen LogP contribution in [-0.2, 0) is 27.9 Å². The molecule has 0 radical (unpaired) electrons. The largest absolute Gasteiger partial charge is 0.472 e. The van der Waals surface area contributed by atoms with Crippen LogP contribution in [0, 0.1) is 5.92 Å². The first-order chi connectivity index (χ1) is 29.4. The highest BCUT2D eigenvalue weighted by molar-refractivity contribution is 7.47. The van der Waals surface area contributed by atoms with E-state index in [0.29, 0.717) is 6.61 Å². The van der Waals surface area contributed by atoms with Gasteiger partial charge in [-0.3, -0.25) is 13.8 Å². The summed E-state index contributed by atoms with van der Waals surface area (Å²) in [7, 11) is -4.28. The summed E-state index contributed by atoms with van der Waals surface area (Å²) in [5.41, 5.74) is 5.46. The van der Waals surface area contributed by atoms with E-state index < -0.39 is 13.9 Å². The molecule has 0 heterocycles. The number of phosphoric ester groups is 1. The van der Waals surface area contributed by atoms with E-state index in [1.807, 2.05) is 0 Å². The van der Waals surface area contributed by atoms with Crippen LogP contribution in [0.4, 0.5) is 0 Å². The monoisotopic (exact) mass is 874 g/mol. The van der Waals surface area contributed by atoms with Gasteiger partial charge in [-0.05, 0) is 19.3 Å². The van der Waals surface area contributed by atoms with Gasteiger partial charge in [0.05, 0.1) is 19.1 Å². The Bertz CT molecular complexity index is 881. The second-order valence-electron chi connectivity index (χ2n) is 18.2. The molecule has 0 bridgehead atoms. The minimum atomic E-state index is -4.28. The number of carbonyl (C=O) groups is 1. The number of phosphoric acid groups is 1. The third-order valence-electron chi connectivity index (χ3n) is 12.2. The van der Waals surface area contributed by atoms with Gasteiger partial charge < -0.3 is 20.1 Å². The number of carbonyl (C=O) groups excluding carboxylic acids is 1. The van der Waals surface area contributed by atoms with Crippen molar-refractivity contribution in [3.8, 4) is 0 Å². The zero-order valence-electron chi connectivity index (χ0n) is 40.4. The lowest BCUT2D eigenvalue weighted by atomic mass is 9.94. The van der Waals surface area contributed by atoms with Crippen LogP contribution in [-0.4, -0.2) is 49.9 Å². The van der Waals surface area contributed by atoms with E-state index in [2.05, 4.69) is 20.8 Å². The maximum Gasteiger partial charge on any atom is 0.472 e. The fraction of sp³-hybridized carbons (Fsp3) is 0.980. The van der Waals surface area contributed by atoms with Crippen molar-refractivity contribution < 1.29 is 32.8 Å². The van der Waals surface area contributed by atoms with Crippen molar-refractivity contribution in [2.24, 2.45) is 11.7 Å². The Kier molecular flexibility index (Phi) is 47.6. The number of esters is 1. The molecular weight excluding hydrogens is 770 g/mol. The Morgan fingerprint density at radius 1 is 0.450 bits per heavy atom. The normalized spacial score (nSPS) is 13.3. The van der Waals surface area contributed by atoms with Crippen LogP contribution >= 0.6 is 7.82 Å². The molecule has 0 aliphatic heterocycles. The SMILES string of the molecule is CCCCCCCCCCCCCCCCO[C@H](COC(=O)C(CCCCCCCCCCCCCC)CCCCCCCCCCCCCC)COP(=O)(O)OCCN. The highest BCUT2D eigenvalue weighted by atomic mass is 31.2. The van der Waals surface area contributed by atoms with Gasteiger partial charge in [0.15, 0.2) is 0 Å². The lowest BCUT2D eigenvalue weighted by molar-refractivity contribution is -0.154. The maximum absolute atomic E-state index is 13.6. The van der Waals surface area contributed by atoms with Gasteiger partial charge >= 0.3 is 13.8 Å². The predicted octanol–water partition coefficient (Wildman–Crippen LogP) is 16.3. The molecule has 0 rings (SSSR count). The van der Waals surface area contributed by atoms with Crippen molar-refractivity contribution in [2.45, 2.75) is 284 Å². The summed E-state index contributed by atoms with van der Waals surface area (Å²) in [5, 5.41) is 0. The van der Waals surface area contributed by atoms with Crippen LogP contribution in [0.5, 0.6) is 0 Å². The van der Waals surface area contributed by atoms with E-state index in [-0.39, 0.29) is 38.3 Å². The maximum atomic E-state index is 13.6. The standard InChI is InChI=1S/C51H104NO7P/c1-4-7-10-13-16-19-22-25-26-29-32-35-38-41-45-56-50(48-59-60(54,55)58-46-44-52)47-57-51(53)49(42-39-36-33-30-27-23-20-17-14-11-8-5-2)43-40-37-34-31-28-24-21-18-15-12-9-6-3/h49-50H,4-48,52H2,1-3H3,(H,54,55)/t50-/m1/s1. The second kappa shape index (κ2) is 48.0. The van der Waals surface area contributed by atoms with Crippen molar-refractivity contribution in [3.63, 3.8) is 0 Å². The summed E-state index contributed by atoms with van der Waals surface area (Å²) >= 11 is 0. The van der Waals surface area contributed by atoms with Gasteiger partial charge in [-0.1, -0.05) is 258 Å². The first-order valence-electron chi connectivity index (χ1n) is 26.5. The van der Waals surface area contributed by atoms with Crippen molar-refractivity contribution >= 4 is 13.8 Å². The summed E-state index contributed by atoms with van der Waals surface area (Å²) in [4.78, 5) is 23.7. The fourth-order valence-electron chi connectivity index (χ4n) is 8.21. The zero-order chi connectivity index (χ0) is 43.9. The van der Waals surface area contributed by atoms with Crippen LogP contribution in [0.2, 0.25) is 0 Å². The minimum Gasteiger partial charge on any atom is -0.463 e. The van der Waals surface area contributed by atoms with Crippen molar-refractivity contribution in [1.29, 1.82) is 0 Å². The third kappa shape index (κ3) is 44.1. The molecule has 0 saturated carbocycles. The molecule has 0 aromatic heterocycles. The van der Waals surface area contributed by atoms with Crippen LogP contribution in [0.1, 0.15) is 278 Å². The Morgan fingerprint density at radius 2 is 0.767 bits per heavy atom. The number of ether oxygens (including phenoxy) is 2. The molecule has 0 aliphatic carbocycles. The number of nitrogens with two attached hydrogens (primary N) is 1. The Morgan fingerprint density at radius 3 is 1.10 bits per heavy atom. The molecule has 2 atom stereocenters. The molecular formula is C51H104NO7P. The smallest absolute Gasteiger partial charge is 0.463 e. The third-order valence-corrected chi connectivity index (χ3v) is 13.2. The number of unbranched alkanes of at least 4 members (excludes halogenated alkanes) is 35. The number of rotatable bonds is 51. The zero-order valence-corrected chi connectivity index (χ0v) is 41.3. The first kappa shape index (κ1) is 59.5. The molecule has 9 heteroatoms. The van der Waals surface area contributed by atoms with Crippen LogP contribution < -0.4 is 5.73 Å². The minimum absolute atomic E-state index is 0.00170. The van der Waals surface area contributed by atoms with Gasteiger partial charge in [0.25, 0.3) is 0 Å². The van der Waals surface area contributed by atoms with Gasteiger partial charge in [-0.2, -0.15) is 0 Å². The second-order valence-corrected chi connectivity index (χ2v) is 19.6. The molecule has 0 spiro atoms. The number of hydrogen-bond acceptors (Lipinski definition) is 7. The van der Waals surface area contributed by atoms with Gasteiger partial charge in [0.1, 0.15) is 12.7 Å². The summed E-state index contributed by atoms with van der Waals surface area (Å²) < 4.78 is 34.7. The average Bonchev–Trinajstić information content (AvgIpc) is 3.24. The Balaban J connectivity index is 4.83.